The summed E-state index contributed by atoms with van der Waals surface area (Å²) in [4.78, 5) is 23.3. The number of aliphatic carboxylic acids is 1. The van der Waals surface area contributed by atoms with E-state index < -0.39 is 11.4 Å². The van der Waals surface area contributed by atoms with Crippen molar-refractivity contribution >= 4 is 11.9 Å². The van der Waals surface area contributed by atoms with Gasteiger partial charge in [-0.05, 0) is 31.8 Å². The van der Waals surface area contributed by atoms with Gasteiger partial charge in [-0.25, -0.2) is 0 Å². The van der Waals surface area contributed by atoms with Crippen molar-refractivity contribution in [3.8, 4) is 0 Å². The Hall–Kier alpha value is -1.10. The lowest BCUT2D eigenvalue weighted by Gasteiger charge is -2.32. The van der Waals surface area contributed by atoms with Crippen molar-refractivity contribution < 1.29 is 14.7 Å². The molecule has 102 valence electrons. The first kappa shape index (κ1) is 13.3. The van der Waals surface area contributed by atoms with Crippen LogP contribution in [0.4, 0.5) is 0 Å². The second kappa shape index (κ2) is 5.26. The summed E-state index contributed by atoms with van der Waals surface area (Å²) in [5.74, 6) is -0.403. The molecule has 1 unspecified atom stereocenters. The standard InChI is InChI=1S/C13H22N2O3/c1-9(10-6-14-7-10)11(16)15-8-13(12(17)18)4-2-3-5-13/h9-10,14H,2-8H2,1H3,(H,15,16)(H,17,18). The molecule has 1 saturated carbocycles. The molecule has 0 bridgehead atoms. The lowest BCUT2D eigenvalue weighted by molar-refractivity contribution is -0.148. The maximum Gasteiger partial charge on any atom is 0.311 e. The van der Waals surface area contributed by atoms with Gasteiger partial charge in [-0.1, -0.05) is 19.8 Å². The average Bonchev–Trinajstić information content (AvgIpc) is 2.73. The number of carboxylic acid groups (broad SMARTS) is 1. The largest absolute Gasteiger partial charge is 0.481 e. The molecule has 5 heteroatoms. The van der Waals surface area contributed by atoms with E-state index in [0.29, 0.717) is 18.8 Å². The first-order valence-electron chi connectivity index (χ1n) is 6.77. The van der Waals surface area contributed by atoms with Gasteiger partial charge in [-0.3, -0.25) is 9.59 Å². The topological polar surface area (TPSA) is 78.4 Å². The van der Waals surface area contributed by atoms with Crippen LogP contribution in [0.2, 0.25) is 0 Å². The Morgan fingerprint density at radius 1 is 1.39 bits per heavy atom. The fourth-order valence-corrected chi connectivity index (χ4v) is 2.81. The molecule has 0 spiro atoms. The van der Waals surface area contributed by atoms with Gasteiger partial charge in [0.1, 0.15) is 0 Å². The highest BCUT2D eigenvalue weighted by atomic mass is 16.4. The van der Waals surface area contributed by atoms with E-state index in [1.165, 1.54) is 0 Å². The molecule has 3 N–H and O–H groups in total. The van der Waals surface area contributed by atoms with Crippen molar-refractivity contribution in [2.24, 2.45) is 17.3 Å². The Balaban J connectivity index is 1.85. The van der Waals surface area contributed by atoms with Gasteiger partial charge in [0.25, 0.3) is 0 Å². The van der Waals surface area contributed by atoms with Crippen molar-refractivity contribution in [3.63, 3.8) is 0 Å². The van der Waals surface area contributed by atoms with Crippen molar-refractivity contribution in [1.82, 2.24) is 10.6 Å². The van der Waals surface area contributed by atoms with Crippen molar-refractivity contribution in [1.29, 1.82) is 0 Å². The molecule has 18 heavy (non-hydrogen) atoms. The first-order valence-corrected chi connectivity index (χ1v) is 6.77. The minimum absolute atomic E-state index is 0.00553. The second-order valence-corrected chi connectivity index (χ2v) is 5.72. The molecule has 0 radical (unpaired) electrons. The predicted molar refractivity (Wildman–Crippen MR) is 67.1 cm³/mol. The van der Waals surface area contributed by atoms with E-state index in [-0.39, 0.29) is 18.4 Å². The monoisotopic (exact) mass is 254 g/mol. The summed E-state index contributed by atoms with van der Waals surface area (Å²) in [7, 11) is 0. The van der Waals surface area contributed by atoms with Crippen LogP contribution in [0.15, 0.2) is 0 Å². The summed E-state index contributed by atoms with van der Waals surface area (Å²) in [6.45, 7) is 3.98. The molecule has 0 aromatic heterocycles. The van der Waals surface area contributed by atoms with Gasteiger partial charge in [0.2, 0.25) is 5.91 Å². The molecule has 5 nitrogen and oxygen atoms in total. The van der Waals surface area contributed by atoms with Gasteiger partial charge < -0.3 is 15.7 Å². The molecule has 2 aliphatic rings. The molecule has 1 amide bonds. The molecule has 0 aromatic carbocycles. The van der Waals surface area contributed by atoms with E-state index in [9.17, 15) is 14.7 Å². The zero-order valence-corrected chi connectivity index (χ0v) is 10.9. The molecular weight excluding hydrogens is 232 g/mol. The van der Waals surface area contributed by atoms with E-state index in [4.69, 9.17) is 0 Å². The molecule has 2 rings (SSSR count). The van der Waals surface area contributed by atoms with Gasteiger partial charge in [-0.2, -0.15) is 0 Å². The second-order valence-electron chi connectivity index (χ2n) is 5.72. The fraction of sp³-hybridized carbons (Fsp3) is 0.846. The third kappa shape index (κ3) is 2.51. The van der Waals surface area contributed by atoms with Crippen LogP contribution in [-0.2, 0) is 9.59 Å². The molecule has 1 atom stereocenters. The number of carboxylic acids is 1. The average molecular weight is 254 g/mol. The van der Waals surface area contributed by atoms with Crippen molar-refractivity contribution in [2.75, 3.05) is 19.6 Å². The van der Waals surface area contributed by atoms with Crippen molar-refractivity contribution in [2.45, 2.75) is 32.6 Å². The van der Waals surface area contributed by atoms with Gasteiger partial charge >= 0.3 is 5.97 Å². The Bertz CT molecular complexity index is 333. The summed E-state index contributed by atoms with van der Waals surface area (Å²) < 4.78 is 0. The van der Waals surface area contributed by atoms with Crippen LogP contribution >= 0.6 is 0 Å². The highest BCUT2D eigenvalue weighted by Gasteiger charge is 2.42. The highest BCUT2D eigenvalue weighted by molar-refractivity contribution is 5.81. The van der Waals surface area contributed by atoms with Crippen LogP contribution in [0.1, 0.15) is 32.6 Å². The maximum atomic E-state index is 12.0. The molecule has 1 saturated heterocycles. The number of amides is 1. The fourth-order valence-electron chi connectivity index (χ4n) is 2.81. The molecular formula is C13H22N2O3. The SMILES string of the molecule is CC(C(=O)NCC1(C(=O)O)CCCC1)C1CNC1. The van der Waals surface area contributed by atoms with Gasteiger partial charge in [0.15, 0.2) is 0 Å². The summed E-state index contributed by atoms with van der Waals surface area (Å²) >= 11 is 0. The Morgan fingerprint density at radius 2 is 2.00 bits per heavy atom. The summed E-state index contributed by atoms with van der Waals surface area (Å²) in [6, 6.07) is 0. The van der Waals surface area contributed by atoms with Crippen LogP contribution < -0.4 is 10.6 Å². The zero-order chi connectivity index (χ0) is 13.2. The number of carbonyl (C=O) groups excluding carboxylic acids is 1. The van der Waals surface area contributed by atoms with E-state index in [0.717, 1.165) is 25.9 Å². The molecule has 2 fully saturated rings. The maximum absolute atomic E-state index is 12.0. The first-order chi connectivity index (χ1) is 8.55. The van der Waals surface area contributed by atoms with Gasteiger partial charge in [0, 0.05) is 12.5 Å². The Labute approximate surface area is 107 Å². The minimum atomic E-state index is -0.765. The smallest absolute Gasteiger partial charge is 0.311 e. The van der Waals surface area contributed by atoms with Crippen LogP contribution in [0.5, 0.6) is 0 Å². The van der Waals surface area contributed by atoms with Crippen LogP contribution in [0.3, 0.4) is 0 Å². The normalized spacial score (nSPS) is 24.3. The number of carbonyl (C=O) groups is 2. The van der Waals surface area contributed by atoms with E-state index in [2.05, 4.69) is 10.6 Å². The minimum Gasteiger partial charge on any atom is -0.481 e. The zero-order valence-electron chi connectivity index (χ0n) is 10.9. The van der Waals surface area contributed by atoms with E-state index >= 15 is 0 Å². The quantitative estimate of drug-likeness (QED) is 0.671. The number of nitrogens with one attached hydrogen (secondary N) is 2. The summed E-state index contributed by atoms with van der Waals surface area (Å²) in [6.07, 6.45) is 3.26. The lowest BCUT2D eigenvalue weighted by Crippen LogP contribution is -2.51. The van der Waals surface area contributed by atoms with Crippen molar-refractivity contribution in [3.05, 3.63) is 0 Å². The predicted octanol–water partition coefficient (Wildman–Crippen LogP) is 0.603. The van der Waals surface area contributed by atoms with Crippen LogP contribution in [0, 0.1) is 17.3 Å². The van der Waals surface area contributed by atoms with E-state index in [1.54, 1.807) is 0 Å². The third-order valence-electron chi connectivity index (χ3n) is 4.55. The van der Waals surface area contributed by atoms with Crippen LogP contribution in [0.25, 0.3) is 0 Å². The molecule has 1 heterocycles. The molecule has 1 aliphatic carbocycles. The van der Waals surface area contributed by atoms with Crippen LogP contribution in [-0.4, -0.2) is 36.6 Å². The number of hydrogen-bond acceptors (Lipinski definition) is 3. The molecule has 0 aromatic rings. The van der Waals surface area contributed by atoms with Gasteiger partial charge in [0.05, 0.1) is 5.41 Å². The Morgan fingerprint density at radius 3 is 2.44 bits per heavy atom. The summed E-state index contributed by atoms with van der Waals surface area (Å²) in [5.41, 5.74) is -0.715. The highest BCUT2D eigenvalue weighted by Crippen LogP contribution is 2.37. The van der Waals surface area contributed by atoms with E-state index in [1.807, 2.05) is 6.92 Å². The Kier molecular flexibility index (Phi) is 3.90. The molecule has 1 aliphatic heterocycles. The number of hydrogen-bond donors (Lipinski definition) is 3. The third-order valence-corrected chi connectivity index (χ3v) is 4.55. The lowest BCUT2D eigenvalue weighted by atomic mass is 9.85. The summed E-state index contributed by atoms with van der Waals surface area (Å²) in [5, 5.41) is 15.3. The van der Waals surface area contributed by atoms with Gasteiger partial charge in [-0.15, -0.1) is 0 Å². The number of rotatable bonds is 5.